The van der Waals surface area contributed by atoms with Crippen LogP contribution in [0, 0.1) is 0 Å². The van der Waals surface area contributed by atoms with Gasteiger partial charge >= 0.3 is 5.97 Å². The van der Waals surface area contributed by atoms with Gasteiger partial charge in [0, 0.05) is 12.6 Å². The summed E-state index contributed by atoms with van der Waals surface area (Å²) in [5.74, 6) is 0.389. The van der Waals surface area contributed by atoms with E-state index in [4.69, 9.17) is 9.47 Å². The van der Waals surface area contributed by atoms with Gasteiger partial charge in [-0.2, -0.15) is 5.10 Å². The van der Waals surface area contributed by atoms with E-state index in [0.29, 0.717) is 31.1 Å². The average molecular weight is 393 g/mol. The standard InChI is InChI=1S/C23H27N3O3/c1-3-28-23(27)22-16-20(17-29-21-12-8-5-9-13-21)25-26(22)15-14-24-18(2)19-10-6-4-7-11-19/h4-13,16,18,24H,3,14-15,17H2,1-2H3. The molecule has 29 heavy (non-hydrogen) atoms. The molecule has 0 aliphatic carbocycles. The highest BCUT2D eigenvalue weighted by molar-refractivity contribution is 5.87. The van der Waals surface area contributed by atoms with Crippen molar-refractivity contribution in [1.29, 1.82) is 0 Å². The van der Waals surface area contributed by atoms with Gasteiger partial charge in [0.05, 0.1) is 13.2 Å². The average Bonchev–Trinajstić information content (AvgIpc) is 3.17. The van der Waals surface area contributed by atoms with Crippen molar-refractivity contribution in [3.8, 4) is 5.75 Å². The summed E-state index contributed by atoms with van der Waals surface area (Å²) in [7, 11) is 0. The van der Waals surface area contributed by atoms with Gasteiger partial charge in [-0.15, -0.1) is 0 Å². The van der Waals surface area contributed by atoms with Crippen LogP contribution in [0.3, 0.4) is 0 Å². The summed E-state index contributed by atoms with van der Waals surface area (Å²) in [6.07, 6.45) is 0. The minimum atomic E-state index is -0.373. The van der Waals surface area contributed by atoms with Crippen LogP contribution in [0.5, 0.6) is 5.75 Å². The Morgan fingerprint density at radius 3 is 2.48 bits per heavy atom. The van der Waals surface area contributed by atoms with E-state index in [9.17, 15) is 4.79 Å². The highest BCUT2D eigenvalue weighted by Gasteiger charge is 2.17. The molecular formula is C23H27N3O3. The van der Waals surface area contributed by atoms with Crippen LogP contribution in [0.4, 0.5) is 0 Å². The molecule has 0 saturated carbocycles. The zero-order chi connectivity index (χ0) is 20.5. The van der Waals surface area contributed by atoms with Crippen molar-refractivity contribution in [2.45, 2.75) is 33.0 Å². The van der Waals surface area contributed by atoms with Gasteiger partial charge in [0.15, 0.2) is 0 Å². The number of carbonyl (C=O) groups is 1. The SMILES string of the molecule is CCOC(=O)c1cc(COc2ccccc2)nn1CCNC(C)c1ccccc1. The zero-order valence-corrected chi connectivity index (χ0v) is 16.9. The highest BCUT2D eigenvalue weighted by Crippen LogP contribution is 2.14. The molecule has 1 aromatic heterocycles. The lowest BCUT2D eigenvalue weighted by Gasteiger charge is -2.14. The van der Waals surface area contributed by atoms with Crippen LogP contribution in [0.2, 0.25) is 0 Å². The van der Waals surface area contributed by atoms with E-state index in [1.165, 1.54) is 5.56 Å². The maximum atomic E-state index is 12.3. The molecule has 0 spiro atoms. The van der Waals surface area contributed by atoms with Crippen LogP contribution in [0.25, 0.3) is 0 Å². The highest BCUT2D eigenvalue weighted by atomic mass is 16.5. The Bertz CT molecular complexity index is 894. The van der Waals surface area contributed by atoms with Gasteiger partial charge in [-0.1, -0.05) is 48.5 Å². The molecule has 0 bridgehead atoms. The minimum Gasteiger partial charge on any atom is -0.487 e. The Kier molecular flexibility index (Phi) is 7.41. The molecule has 152 valence electrons. The summed E-state index contributed by atoms with van der Waals surface area (Å²) < 4.78 is 12.6. The van der Waals surface area contributed by atoms with Crippen LogP contribution in [-0.2, 0) is 17.9 Å². The molecule has 1 heterocycles. The van der Waals surface area contributed by atoms with Crippen LogP contribution in [0.15, 0.2) is 66.7 Å². The summed E-state index contributed by atoms with van der Waals surface area (Å²) in [5, 5.41) is 8.02. The molecule has 2 aromatic carbocycles. The number of esters is 1. The Morgan fingerprint density at radius 2 is 1.79 bits per heavy atom. The smallest absolute Gasteiger partial charge is 0.356 e. The van der Waals surface area contributed by atoms with Crippen molar-refractivity contribution < 1.29 is 14.3 Å². The van der Waals surface area contributed by atoms with Crippen LogP contribution in [0.1, 0.15) is 41.6 Å². The van der Waals surface area contributed by atoms with E-state index in [-0.39, 0.29) is 18.6 Å². The number of hydrogen-bond donors (Lipinski definition) is 1. The fourth-order valence-electron chi connectivity index (χ4n) is 3.00. The van der Waals surface area contributed by atoms with Crippen LogP contribution in [-0.4, -0.2) is 28.9 Å². The summed E-state index contributed by atoms with van der Waals surface area (Å²) in [4.78, 5) is 12.3. The molecule has 3 aromatic rings. The number of nitrogens with zero attached hydrogens (tertiary/aromatic N) is 2. The number of rotatable bonds is 10. The Hall–Kier alpha value is -3.12. The number of aromatic nitrogens is 2. The maximum absolute atomic E-state index is 12.3. The van der Waals surface area contributed by atoms with Gasteiger partial charge in [0.2, 0.25) is 0 Å². The minimum absolute atomic E-state index is 0.207. The number of ether oxygens (including phenoxy) is 2. The molecule has 0 radical (unpaired) electrons. The second-order valence-corrected chi connectivity index (χ2v) is 6.65. The molecule has 0 aliphatic heterocycles. The molecule has 0 saturated heterocycles. The third kappa shape index (κ3) is 5.93. The van der Waals surface area contributed by atoms with Gasteiger partial charge in [0.1, 0.15) is 23.7 Å². The largest absolute Gasteiger partial charge is 0.487 e. The quantitative estimate of drug-likeness (QED) is 0.528. The monoisotopic (exact) mass is 393 g/mol. The molecule has 0 amide bonds. The molecule has 6 heteroatoms. The third-order valence-corrected chi connectivity index (χ3v) is 4.52. The van der Waals surface area contributed by atoms with Crippen molar-refractivity contribution >= 4 is 5.97 Å². The first-order valence-electron chi connectivity index (χ1n) is 9.87. The molecule has 6 nitrogen and oxygen atoms in total. The summed E-state index contributed by atoms with van der Waals surface area (Å²) in [6.45, 7) is 5.74. The lowest BCUT2D eigenvalue weighted by Crippen LogP contribution is -2.25. The van der Waals surface area contributed by atoms with Crippen molar-refractivity contribution in [3.63, 3.8) is 0 Å². The molecule has 0 fully saturated rings. The van der Waals surface area contributed by atoms with E-state index >= 15 is 0 Å². The first-order valence-corrected chi connectivity index (χ1v) is 9.87. The summed E-state index contributed by atoms with van der Waals surface area (Å²) in [6, 6.07) is 21.7. The van der Waals surface area contributed by atoms with Crippen LogP contribution < -0.4 is 10.1 Å². The van der Waals surface area contributed by atoms with Crippen molar-refractivity contribution in [3.05, 3.63) is 83.7 Å². The Morgan fingerprint density at radius 1 is 1.10 bits per heavy atom. The summed E-state index contributed by atoms with van der Waals surface area (Å²) in [5.41, 5.74) is 2.34. The molecular weight excluding hydrogens is 366 g/mol. The Labute approximate surface area is 171 Å². The predicted octanol–water partition coefficient (Wildman–Crippen LogP) is 3.99. The second kappa shape index (κ2) is 10.4. The van der Waals surface area contributed by atoms with Gasteiger partial charge in [0.25, 0.3) is 0 Å². The fraction of sp³-hybridized carbons (Fsp3) is 0.304. The number of nitrogens with one attached hydrogen (secondary N) is 1. The predicted molar refractivity (Wildman–Crippen MR) is 112 cm³/mol. The Balaban J connectivity index is 1.63. The van der Waals surface area contributed by atoms with Crippen molar-refractivity contribution in [2.75, 3.05) is 13.2 Å². The first-order chi connectivity index (χ1) is 14.2. The lowest BCUT2D eigenvalue weighted by atomic mass is 10.1. The van der Waals surface area contributed by atoms with E-state index in [2.05, 4.69) is 29.5 Å². The number of para-hydroxylation sites is 1. The zero-order valence-electron chi connectivity index (χ0n) is 16.9. The lowest BCUT2D eigenvalue weighted by molar-refractivity contribution is 0.0511. The number of benzene rings is 2. The van der Waals surface area contributed by atoms with Gasteiger partial charge in [-0.05, 0) is 37.6 Å². The molecule has 1 unspecified atom stereocenters. The molecule has 3 rings (SSSR count). The van der Waals surface area contributed by atoms with E-state index < -0.39 is 0 Å². The van der Waals surface area contributed by atoms with E-state index in [1.54, 1.807) is 17.7 Å². The van der Waals surface area contributed by atoms with Crippen molar-refractivity contribution in [2.24, 2.45) is 0 Å². The molecule has 1 atom stereocenters. The van der Waals surface area contributed by atoms with Crippen molar-refractivity contribution in [1.82, 2.24) is 15.1 Å². The first kappa shape index (κ1) is 20.6. The van der Waals surface area contributed by atoms with Gasteiger partial charge in [-0.3, -0.25) is 4.68 Å². The normalized spacial score (nSPS) is 11.8. The number of hydrogen-bond acceptors (Lipinski definition) is 5. The maximum Gasteiger partial charge on any atom is 0.356 e. The van der Waals surface area contributed by atoms with E-state index in [0.717, 1.165) is 5.75 Å². The fourth-order valence-corrected chi connectivity index (χ4v) is 3.00. The van der Waals surface area contributed by atoms with Crippen LogP contribution >= 0.6 is 0 Å². The van der Waals surface area contributed by atoms with Gasteiger partial charge < -0.3 is 14.8 Å². The third-order valence-electron chi connectivity index (χ3n) is 4.52. The molecule has 0 aliphatic rings. The second-order valence-electron chi connectivity index (χ2n) is 6.65. The number of carbonyl (C=O) groups excluding carboxylic acids is 1. The topological polar surface area (TPSA) is 65.4 Å². The summed E-state index contributed by atoms with van der Waals surface area (Å²) >= 11 is 0. The van der Waals surface area contributed by atoms with E-state index in [1.807, 2.05) is 48.5 Å². The molecule has 1 N–H and O–H groups in total. The van der Waals surface area contributed by atoms with Gasteiger partial charge in [-0.25, -0.2) is 4.79 Å².